The van der Waals surface area contributed by atoms with Crippen molar-refractivity contribution in [2.24, 2.45) is 0 Å². The van der Waals surface area contributed by atoms with Gasteiger partial charge < -0.3 is 9.47 Å². The van der Waals surface area contributed by atoms with Crippen LogP contribution >= 0.6 is 11.8 Å². The van der Waals surface area contributed by atoms with Crippen molar-refractivity contribution in [3.63, 3.8) is 0 Å². The van der Waals surface area contributed by atoms with Gasteiger partial charge in [0.25, 0.3) is 5.56 Å². The Kier molecular flexibility index (Phi) is 6.05. The number of benzene rings is 3. The van der Waals surface area contributed by atoms with Crippen LogP contribution in [-0.2, 0) is 0 Å². The molecular formula is C24H22N2O3S. The molecule has 0 unspecified atom stereocenters. The van der Waals surface area contributed by atoms with Gasteiger partial charge in [-0.3, -0.25) is 9.36 Å². The first-order chi connectivity index (χ1) is 14.7. The molecule has 6 heteroatoms. The molecule has 0 radical (unpaired) electrons. The number of hydrogen-bond acceptors (Lipinski definition) is 5. The predicted molar refractivity (Wildman–Crippen MR) is 121 cm³/mol. The first-order valence-electron chi connectivity index (χ1n) is 9.64. The van der Waals surface area contributed by atoms with Crippen molar-refractivity contribution in [3.8, 4) is 17.2 Å². The highest BCUT2D eigenvalue weighted by Crippen LogP contribution is 2.23. The highest BCUT2D eigenvalue weighted by Gasteiger charge is 2.13. The van der Waals surface area contributed by atoms with E-state index in [2.05, 4.69) is 0 Å². The maximum absolute atomic E-state index is 13.2. The van der Waals surface area contributed by atoms with Crippen molar-refractivity contribution in [3.05, 3.63) is 88.7 Å². The number of hydrogen-bond donors (Lipinski definition) is 0. The molecule has 4 aromatic rings. The Morgan fingerprint density at radius 1 is 0.933 bits per heavy atom. The van der Waals surface area contributed by atoms with Crippen molar-refractivity contribution in [2.75, 3.05) is 19.5 Å². The molecule has 152 valence electrons. The Labute approximate surface area is 179 Å². The second-order valence-electron chi connectivity index (χ2n) is 6.76. The maximum atomic E-state index is 13.2. The molecule has 0 saturated carbocycles. The Bertz CT molecular complexity index is 1200. The first-order valence-corrected chi connectivity index (χ1v) is 10.6. The van der Waals surface area contributed by atoms with Crippen molar-refractivity contribution in [1.29, 1.82) is 0 Å². The van der Waals surface area contributed by atoms with Gasteiger partial charge in [-0.05, 0) is 55.5 Å². The van der Waals surface area contributed by atoms with Crippen LogP contribution in [0.2, 0.25) is 0 Å². The van der Waals surface area contributed by atoms with E-state index in [1.165, 1.54) is 17.3 Å². The molecule has 0 spiro atoms. The molecule has 0 saturated heterocycles. The van der Waals surface area contributed by atoms with Gasteiger partial charge in [-0.2, -0.15) is 0 Å². The molecule has 0 aliphatic rings. The molecule has 0 N–H and O–H groups in total. The van der Waals surface area contributed by atoms with Crippen molar-refractivity contribution in [1.82, 2.24) is 9.55 Å². The molecule has 4 rings (SSSR count). The maximum Gasteiger partial charge on any atom is 0.266 e. The highest BCUT2D eigenvalue weighted by molar-refractivity contribution is 7.99. The summed E-state index contributed by atoms with van der Waals surface area (Å²) in [5.74, 6) is 2.23. The van der Waals surface area contributed by atoms with E-state index in [-0.39, 0.29) is 5.56 Å². The monoisotopic (exact) mass is 418 g/mol. The lowest BCUT2D eigenvalue weighted by molar-refractivity contribution is 0.344. The Balaban J connectivity index is 1.61. The fourth-order valence-corrected chi connectivity index (χ4v) is 3.92. The van der Waals surface area contributed by atoms with Crippen LogP contribution in [0.25, 0.3) is 16.6 Å². The van der Waals surface area contributed by atoms with Crippen LogP contribution in [0.1, 0.15) is 5.56 Å². The predicted octanol–water partition coefficient (Wildman–Crippen LogP) is 4.87. The fraction of sp³-hybridized carbons (Fsp3) is 0.167. The van der Waals surface area contributed by atoms with Crippen LogP contribution in [0, 0.1) is 6.92 Å². The number of rotatable bonds is 7. The minimum absolute atomic E-state index is 0.0901. The molecule has 30 heavy (non-hydrogen) atoms. The second-order valence-corrected chi connectivity index (χ2v) is 7.82. The zero-order valence-corrected chi connectivity index (χ0v) is 17.7. The third kappa shape index (κ3) is 4.33. The SMILES string of the molecule is COc1ccc(-n2c(SCCOc3ccc(C)cc3)nc3ccccc3c2=O)cc1. The van der Waals surface area contributed by atoms with Crippen molar-refractivity contribution in [2.45, 2.75) is 12.1 Å². The number of methoxy groups -OCH3 is 1. The number of thioether (sulfide) groups is 1. The first kappa shape index (κ1) is 20.0. The van der Waals surface area contributed by atoms with E-state index >= 15 is 0 Å². The summed E-state index contributed by atoms with van der Waals surface area (Å²) in [5, 5.41) is 1.23. The van der Waals surface area contributed by atoms with E-state index in [1.807, 2.05) is 73.7 Å². The fourth-order valence-electron chi connectivity index (χ4n) is 3.10. The van der Waals surface area contributed by atoms with E-state index in [0.29, 0.717) is 28.4 Å². The van der Waals surface area contributed by atoms with Gasteiger partial charge in [-0.1, -0.05) is 41.6 Å². The smallest absolute Gasteiger partial charge is 0.266 e. The minimum atomic E-state index is -0.0901. The summed E-state index contributed by atoms with van der Waals surface area (Å²) in [4.78, 5) is 18.0. The Morgan fingerprint density at radius 2 is 1.63 bits per heavy atom. The van der Waals surface area contributed by atoms with Gasteiger partial charge in [0.2, 0.25) is 0 Å². The van der Waals surface area contributed by atoms with Crippen LogP contribution in [0.15, 0.2) is 82.7 Å². The van der Waals surface area contributed by atoms with E-state index in [4.69, 9.17) is 14.5 Å². The zero-order valence-electron chi connectivity index (χ0n) is 16.9. The average Bonchev–Trinajstić information content (AvgIpc) is 2.78. The standard InChI is InChI=1S/C24H22N2O3S/c1-17-7-11-20(12-8-17)29-15-16-30-24-25-22-6-4-3-5-21(22)23(27)26(24)18-9-13-19(28-2)14-10-18/h3-14H,15-16H2,1-2H3. The molecule has 0 fully saturated rings. The second kappa shape index (κ2) is 9.05. The quantitative estimate of drug-likeness (QED) is 0.243. The Morgan fingerprint density at radius 3 is 2.37 bits per heavy atom. The number of nitrogens with zero attached hydrogens (tertiary/aromatic N) is 2. The van der Waals surface area contributed by atoms with E-state index in [9.17, 15) is 4.79 Å². The summed E-state index contributed by atoms with van der Waals surface area (Å²) >= 11 is 1.50. The summed E-state index contributed by atoms with van der Waals surface area (Å²) in [7, 11) is 1.62. The highest BCUT2D eigenvalue weighted by atomic mass is 32.2. The van der Waals surface area contributed by atoms with Gasteiger partial charge in [0.1, 0.15) is 11.5 Å². The number of aromatic nitrogens is 2. The third-order valence-corrected chi connectivity index (χ3v) is 5.58. The summed E-state index contributed by atoms with van der Waals surface area (Å²) in [5.41, 5.74) is 2.54. The van der Waals surface area contributed by atoms with E-state index in [1.54, 1.807) is 17.7 Å². The third-order valence-electron chi connectivity index (χ3n) is 4.68. The lowest BCUT2D eigenvalue weighted by Crippen LogP contribution is -2.22. The van der Waals surface area contributed by atoms with Crippen molar-refractivity contribution < 1.29 is 9.47 Å². The van der Waals surface area contributed by atoms with Crippen LogP contribution < -0.4 is 15.0 Å². The number of para-hydroxylation sites is 1. The molecule has 0 aliphatic heterocycles. The summed E-state index contributed by atoms with van der Waals surface area (Å²) in [6, 6.07) is 22.8. The summed E-state index contributed by atoms with van der Waals surface area (Å²) in [6.45, 7) is 2.56. The molecule has 0 amide bonds. The molecule has 3 aromatic carbocycles. The van der Waals surface area contributed by atoms with Gasteiger partial charge in [0, 0.05) is 5.75 Å². The van der Waals surface area contributed by atoms with Gasteiger partial charge in [-0.15, -0.1) is 0 Å². The van der Waals surface area contributed by atoms with Crippen LogP contribution in [0.4, 0.5) is 0 Å². The Hall–Kier alpha value is -3.25. The average molecular weight is 419 g/mol. The zero-order chi connectivity index (χ0) is 20.9. The number of fused-ring (bicyclic) bond motifs is 1. The van der Waals surface area contributed by atoms with E-state index in [0.717, 1.165) is 17.2 Å². The molecule has 5 nitrogen and oxygen atoms in total. The molecule has 0 aliphatic carbocycles. The summed E-state index contributed by atoms with van der Waals surface area (Å²) in [6.07, 6.45) is 0. The largest absolute Gasteiger partial charge is 0.497 e. The van der Waals surface area contributed by atoms with Gasteiger partial charge in [0.05, 0.1) is 30.3 Å². The lowest BCUT2D eigenvalue weighted by atomic mass is 10.2. The topological polar surface area (TPSA) is 53.4 Å². The van der Waals surface area contributed by atoms with Gasteiger partial charge in [0.15, 0.2) is 5.16 Å². The number of aryl methyl sites for hydroxylation is 1. The molecular weight excluding hydrogens is 396 g/mol. The molecule has 0 bridgehead atoms. The normalized spacial score (nSPS) is 10.9. The van der Waals surface area contributed by atoms with Gasteiger partial charge >= 0.3 is 0 Å². The minimum Gasteiger partial charge on any atom is -0.497 e. The number of ether oxygens (including phenoxy) is 2. The van der Waals surface area contributed by atoms with Crippen LogP contribution in [-0.4, -0.2) is 29.0 Å². The van der Waals surface area contributed by atoms with Gasteiger partial charge in [-0.25, -0.2) is 4.98 Å². The molecule has 1 heterocycles. The van der Waals surface area contributed by atoms with Crippen LogP contribution in [0.3, 0.4) is 0 Å². The summed E-state index contributed by atoms with van der Waals surface area (Å²) < 4.78 is 12.7. The lowest BCUT2D eigenvalue weighted by Gasteiger charge is -2.14. The molecule has 0 atom stereocenters. The van der Waals surface area contributed by atoms with Crippen molar-refractivity contribution >= 4 is 22.7 Å². The van der Waals surface area contributed by atoms with E-state index < -0.39 is 0 Å². The molecule has 1 aromatic heterocycles. The van der Waals surface area contributed by atoms with Crippen LogP contribution in [0.5, 0.6) is 11.5 Å².